The second kappa shape index (κ2) is 7.50. The van der Waals surface area contributed by atoms with Gasteiger partial charge in [0.25, 0.3) is 5.91 Å². The summed E-state index contributed by atoms with van der Waals surface area (Å²) in [5, 5.41) is 1.27. The third-order valence-electron chi connectivity index (χ3n) is 4.82. The van der Waals surface area contributed by atoms with Gasteiger partial charge in [-0.1, -0.05) is 35.9 Å². The van der Waals surface area contributed by atoms with Gasteiger partial charge in [0, 0.05) is 42.8 Å². The molecule has 1 aliphatic heterocycles. The van der Waals surface area contributed by atoms with E-state index in [2.05, 4.69) is 4.98 Å². The van der Waals surface area contributed by atoms with Crippen LogP contribution in [0.1, 0.15) is 10.4 Å². The zero-order chi connectivity index (χ0) is 19.7. The van der Waals surface area contributed by atoms with Gasteiger partial charge >= 0.3 is 0 Å². The first-order valence-corrected chi connectivity index (χ1v) is 10.7. The molecule has 144 valence electrons. The Morgan fingerprint density at radius 2 is 1.68 bits per heavy atom. The smallest absolute Gasteiger partial charge is 0.256 e. The van der Waals surface area contributed by atoms with Crippen molar-refractivity contribution >= 4 is 38.4 Å². The van der Waals surface area contributed by atoms with E-state index in [0.717, 1.165) is 5.39 Å². The number of hydrogen-bond acceptors (Lipinski definition) is 4. The van der Waals surface area contributed by atoms with E-state index in [1.807, 2.05) is 24.3 Å². The van der Waals surface area contributed by atoms with Crippen molar-refractivity contribution in [3.8, 4) is 0 Å². The Hall–Kier alpha value is -2.48. The molecule has 0 radical (unpaired) electrons. The number of fused-ring (bicyclic) bond motifs is 1. The molecule has 0 aliphatic carbocycles. The van der Waals surface area contributed by atoms with Crippen LogP contribution in [-0.2, 0) is 10.0 Å². The van der Waals surface area contributed by atoms with Gasteiger partial charge in [-0.3, -0.25) is 9.78 Å². The van der Waals surface area contributed by atoms with Crippen molar-refractivity contribution in [3.63, 3.8) is 0 Å². The molecule has 3 aromatic rings. The Morgan fingerprint density at radius 1 is 0.964 bits per heavy atom. The van der Waals surface area contributed by atoms with E-state index >= 15 is 0 Å². The number of halogens is 1. The van der Waals surface area contributed by atoms with E-state index in [1.165, 1.54) is 16.4 Å². The van der Waals surface area contributed by atoms with Crippen molar-refractivity contribution in [1.29, 1.82) is 0 Å². The van der Waals surface area contributed by atoms with Crippen LogP contribution in [-0.4, -0.2) is 54.7 Å². The van der Waals surface area contributed by atoms with Crippen molar-refractivity contribution in [1.82, 2.24) is 14.2 Å². The lowest BCUT2D eigenvalue weighted by molar-refractivity contribution is 0.0699. The highest BCUT2D eigenvalue weighted by atomic mass is 35.5. The van der Waals surface area contributed by atoms with E-state index in [9.17, 15) is 13.2 Å². The Morgan fingerprint density at radius 3 is 2.43 bits per heavy atom. The molecule has 1 aromatic heterocycles. The number of carbonyl (C=O) groups is 1. The number of carbonyl (C=O) groups excluding carboxylic acids is 1. The zero-order valence-electron chi connectivity index (χ0n) is 15.0. The maximum atomic E-state index is 13.0. The van der Waals surface area contributed by atoms with Crippen LogP contribution in [0.15, 0.2) is 65.7 Å². The Balaban J connectivity index is 1.52. The van der Waals surface area contributed by atoms with Crippen LogP contribution in [0.3, 0.4) is 0 Å². The summed E-state index contributed by atoms with van der Waals surface area (Å²) in [6, 6.07) is 15.5. The second-order valence-corrected chi connectivity index (χ2v) is 8.91. The molecular formula is C20H18ClN3O3S. The maximum absolute atomic E-state index is 13.0. The van der Waals surface area contributed by atoms with Crippen LogP contribution in [0.2, 0.25) is 5.02 Å². The van der Waals surface area contributed by atoms with Crippen LogP contribution < -0.4 is 0 Å². The predicted octanol–water partition coefficient (Wildman–Crippen LogP) is 3.03. The van der Waals surface area contributed by atoms with Crippen LogP contribution in [0.5, 0.6) is 0 Å². The van der Waals surface area contributed by atoms with Crippen LogP contribution in [0.25, 0.3) is 10.9 Å². The van der Waals surface area contributed by atoms with Gasteiger partial charge in [0.2, 0.25) is 10.0 Å². The number of pyridine rings is 1. The molecule has 8 heteroatoms. The first-order chi connectivity index (χ1) is 13.5. The first kappa shape index (κ1) is 18.9. The molecule has 0 unspecified atom stereocenters. The lowest BCUT2D eigenvalue weighted by atomic mass is 10.1. The highest BCUT2D eigenvalue weighted by molar-refractivity contribution is 7.89. The molecule has 0 N–H and O–H groups in total. The molecule has 0 atom stereocenters. The topological polar surface area (TPSA) is 70.6 Å². The minimum atomic E-state index is -3.63. The van der Waals surface area contributed by atoms with E-state index in [0.29, 0.717) is 29.2 Å². The molecule has 0 spiro atoms. The van der Waals surface area contributed by atoms with E-state index in [1.54, 1.807) is 29.3 Å². The predicted molar refractivity (Wildman–Crippen MR) is 108 cm³/mol. The number of sulfonamides is 1. The molecule has 1 fully saturated rings. The number of para-hydroxylation sites is 1. The molecule has 2 heterocycles. The van der Waals surface area contributed by atoms with Gasteiger partial charge < -0.3 is 4.90 Å². The number of aromatic nitrogens is 1. The first-order valence-electron chi connectivity index (χ1n) is 8.85. The standard InChI is InChI=1S/C20H18ClN3O3S/c21-16-6-2-7-17(14-16)28(26,27)24-12-10-23(11-13-24)20(25)18-8-1-4-15-5-3-9-22-19(15)18/h1-9,14H,10-13H2. The molecular weight excluding hydrogens is 398 g/mol. The fraction of sp³-hybridized carbons (Fsp3) is 0.200. The largest absolute Gasteiger partial charge is 0.336 e. The highest BCUT2D eigenvalue weighted by Gasteiger charge is 2.31. The monoisotopic (exact) mass is 415 g/mol. The second-order valence-electron chi connectivity index (χ2n) is 6.53. The van der Waals surface area contributed by atoms with Gasteiger partial charge in [0.15, 0.2) is 0 Å². The SMILES string of the molecule is O=C(c1cccc2cccnc12)N1CCN(S(=O)(=O)c2cccc(Cl)c2)CC1. The molecule has 1 saturated heterocycles. The maximum Gasteiger partial charge on any atom is 0.256 e. The summed E-state index contributed by atoms with van der Waals surface area (Å²) in [4.78, 5) is 19.2. The van der Waals surface area contributed by atoms with Crippen molar-refractivity contribution in [2.75, 3.05) is 26.2 Å². The number of benzene rings is 2. The highest BCUT2D eigenvalue weighted by Crippen LogP contribution is 2.22. The molecule has 0 saturated carbocycles. The fourth-order valence-corrected chi connectivity index (χ4v) is 5.08. The van der Waals surface area contributed by atoms with Crippen molar-refractivity contribution in [3.05, 3.63) is 71.4 Å². The summed E-state index contributed by atoms with van der Waals surface area (Å²) in [6.07, 6.45) is 1.66. The number of nitrogens with zero attached hydrogens (tertiary/aromatic N) is 3. The van der Waals surface area contributed by atoms with Crippen molar-refractivity contribution in [2.24, 2.45) is 0 Å². The van der Waals surface area contributed by atoms with Crippen molar-refractivity contribution < 1.29 is 13.2 Å². The van der Waals surface area contributed by atoms with E-state index in [-0.39, 0.29) is 23.9 Å². The summed E-state index contributed by atoms with van der Waals surface area (Å²) in [7, 11) is -3.63. The molecule has 1 amide bonds. The van der Waals surface area contributed by atoms with Crippen molar-refractivity contribution in [2.45, 2.75) is 4.90 Å². The zero-order valence-corrected chi connectivity index (χ0v) is 16.5. The minimum absolute atomic E-state index is 0.135. The molecule has 1 aliphatic rings. The molecule has 2 aromatic carbocycles. The van der Waals surface area contributed by atoms with Gasteiger partial charge in [-0.2, -0.15) is 4.31 Å². The molecule has 0 bridgehead atoms. The lowest BCUT2D eigenvalue weighted by Crippen LogP contribution is -2.50. The van der Waals surface area contributed by atoms with Gasteiger partial charge in [-0.25, -0.2) is 8.42 Å². The van der Waals surface area contributed by atoms with Gasteiger partial charge in [0.05, 0.1) is 16.0 Å². The molecule has 6 nitrogen and oxygen atoms in total. The summed E-state index contributed by atoms with van der Waals surface area (Å²) < 4.78 is 27.0. The summed E-state index contributed by atoms with van der Waals surface area (Å²) in [5.41, 5.74) is 1.19. The number of hydrogen-bond donors (Lipinski definition) is 0. The number of rotatable bonds is 3. The Labute approximate surface area is 168 Å². The molecule has 28 heavy (non-hydrogen) atoms. The quantitative estimate of drug-likeness (QED) is 0.659. The molecule has 4 rings (SSSR count). The van der Waals surface area contributed by atoms with E-state index in [4.69, 9.17) is 11.6 Å². The van der Waals surface area contributed by atoms with E-state index < -0.39 is 10.0 Å². The summed E-state index contributed by atoms with van der Waals surface area (Å²) in [5.74, 6) is -0.135. The Bertz CT molecular complexity index is 1140. The van der Waals surface area contributed by atoms with Crippen LogP contribution in [0, 0.1) is 0 Å². The number of amides is 1. The van der Waals surface area contributed by atoms with Crippen LogP contribution >= 0.6 is 11.6 Å². The summed E-state index contributed by atoms with van der Waals surface area (Å²) in [6.45, 7) is 1.11. The van der Waals surface area contributed by atoms with Gasteiger partial charge in [-0.05, 0) is 30.3 Å². The summed E-state index contributed by atoms with van der Waals surface area (Å²) >= 11 is 5.93. The van der Waals surface area contributed by atoms with Gasteiger partial charge in [0.1, 0.15) is 0 Å². The third-order valence-corrected chi connectivity index (χ3v) is 6.95. The minimum Gasteiger partial charge on any atom is -0.336 e. The normalized spacial score (nSPS) is 15.7. The third kappa shape index (κ3) is 3.48. The van der Waals surface area contributed by atoms with Crippen LogP contribution in [0.4, 0.5) is 0 Å². The Kier molecular flexibility index (Phi) is 5.05. The van der Waals surface area contributed by atoms with Gasteiger partial charge in [-0.15, -0.1) is 0 Å². The number of piperazine rings is 1. The average Bonchev–Trinajstić information content (AvgIpc) is 2.73. The lowest BCUT2D eigenvalue weighted by Gasteiger charge is -2.34. The fourth-order valence-electron chi connectivity index (χ4n) is 3.36. The average molecular weight is 416 g/mol.